The second kappa shape index (κ2) is 14.8. The van der Waals surface area contributed by atoms with Crippen LogP contribution in [0.5, 0.6) is 0 Å². The molecule has 2 aliphatic rings. The Balaban J connectivity index is 1.31. The molecule has 8 aromatic carbocycles. The number of hydrogen-bond donors (Lipinski definition) is 0. The molecule has 2 heterocycles. The molecule has 2 aliphatic heterocycles. The molecule has 8 aromatic rings. The summed E-state index contributed by atoms with van der Waals surface area (Å²) in [7, 11) is 0. The van der Waals surface area contributed by atoms with Gasteiger partial charge in [-0.2, -0.15) is 0 Å². The third-order valence-electron chi connectivity index (χ3n) is 12.2. The lowest BCUT2D eigenvalue weighted by Crippen LogP contribution is -2.30. The van der Waals surface area contributed by atoms with Gasteiger partial charge in [0.05, 0.1) is 35.6 Å². The van der Waals surface area contributed by atoms with E-state index in [1.54, 1.807) is 0 Å². The molecule has 0 aliphatic carbocycles. The summed E-state index contributed by atoms with van der Waals surface area (Å²) >= 11 is 0. The van der Waals surface area contributed by atoms with Gasteiger partial charge in [-0.15, -0.1) is 0 Å². The molecule has 0 saturated heterocycles. The number of fused-ring (bicyclic) bond motifs is 3. The molecule has 0 radical (unpaired) electrons. The first kappa shape index (κ1) is 37.0. The van der Waals surface area contributed by atoms with Gasteiger partial charge in [-0.25, -0.2) is 0 Å². The van der Waals surface area contributed by atoms with Gasteiger partial charge < -0.3 is 9.80 Å². The Morgan fingerprint density at radius 1 is 0.367 bits per heavy atom. The number of aryl methyl sites for hydroxylation is 4. The van der Waals surface area contributed by atoms with Gasteiger partial charge in [-0.3, -0.25) is 9.59 Å². The molecule has 0 unspecified atom stereocenters. The molecule has 0 spiro atoms. The van der Waals surface area contributed by atoms with E-state index in [-0.39, 0.29) is 11.8 Å². The summed E-state index contributed by atoms with van der Waals surface area (Å²) in [5.74, 6) is -0.359. The van der Waals surface area contributed by atoms with Crippen LogP contribution in [0, 0.1) is 27.7 Å². The van der Waals surface area contributed by atoms with Gasteiger partial charge in [0.25, 0.3) is 11.8 Å². The molecule has 290 valence electrons. The number of nitrogens with zero attached hydrogens (tertiary/aromatic N) is 2. The number of hydrogen-bond acceptors (Lipinski definition) is 2. The van der Waals surface area contributed by atoms with Crippen LogP contribution in [0.25, 0.3) is 55.2 Å². The van der Waals surface area contributed by atoms with Crippen LogP contribution < -0.4 is 0 Å². The fourth-order valence-corrected chi connectivity index (χ4v) is 9.01. The largest absolute Gasteiger partial charge is 0.302 e. The Hall–Kier alpha value is -7.30. The lowest BCUT2D eigenvalue weighted by molar-refractivity contribution is -0.124. The topological polar surface area (TPSA) is 40.6 Å². The Morgan fingerprint density at radius 2 is 0.700 bits per heavy atom. The standard InChI is InChI=1S/C56H44N2O2/c1-35-13-21-39(22-14-35)33-57-53(47-31-29-41-9-5-7-11-45(41)49(47)43-25-17-37(3)18-26-43)51-52(55(57)59)54(58(56(51)60)34-40-23-15-36(2)16-24-40)48-32-30-42-10-6-8-12-46(42)50(48)44-27-19-38(4)20-28-44/h5-32H,33-34H2,1-4H3. The van der Waals surface area contributed by atoms with Crippen molar-refractivity contribution in [1.29, 1.82) is 0 Å². The highest BCUT2D eigenvalue weighted by Crippen LogP contribution is 2.52. The first-order valence-corrected chi connectivity index (χ1v) is 20.7. The van der Waals surface area contributed by atoms with Crippen molar-refractivity contribution in [3.05, 3.63) is 226 Å². The van der Waals surface area contributed by atoms with Gasteiger partial charge in [0.15, 0.2) is 0 Å². The summed E-state index contributed by atoms with van der Waals surface area (Å²) in [4.78, 5) is 35.3. The van der Waals surface area contributed by atoms with Crippen LogP contribution in [0.15, 0.2) is 181 Å². The van der Waals surface area contributed by atoms with Crippen LogP contribution in [-0.2, 0) is 22.7 Å². The van der Waals surface area contributed by atoms with E-state index in [9.17, 15) is 0 Å². The minimum absolute atomic E-state index is 0.179. The molecule has 0 aromatic heterocycles. The third-order valence-corrected chi connectivity index (χ3v) is 12.2. The predicted octanol–water partition coefficient (Wildman–Crippen LogP) is 12.8. The van der Waals surface area contributed by atoms with Crippen molar-refractivity contribution in [2.75, 3.05) is 0 Å². The van der Waals surface area contributed by atoms with Gasteiger partial charge in [0.2, 0.25) is 0 Å². The van der Waals surface area contributed by atoms with Gasteiger partial charge in [-0.1, -0.05) is 192 Å². The van der Waals surface area contributed by atoms with E-state index in [1.807, 2.05) is 9.80 Å². The Kier molecular flexibility index (Phi) is 9.14. The molecule has 0 N–H and O–H groups in total. The fourth-order valence-electron chi connectivity index (χ4n) is 9.01. The maximum Gasteiger partial charge on any atom is 0.261 e. The minimum Gasteiger partial charge on any atom is -0.302 e. The molecule has 0 fully saturated rings. The van der Waals surface area contributed by atoms with E-state index in [0.717, 1.165) is 88.3 Å². The number of amides is 2. The van der Waals surface area contributed by atoms with E-state index in [4.69, 9.17) is 0 Å². The SMILES string of the molecule is Cc1ccc(CN2C(=O)C3=C(c4ccc5ccccc5c4-c4ccc(C)cc4)N(Cc4ccc(C)cc4)C(=O)C3=C2c2ccc3ccccc3c2-c2ccc(C)cc2)cc1. The number of carbonyl (C=O) groups is 2. The van der Waals surface area contributed by atoms with Crippen molar-refractivity contribution in [2.45, 2.75) is 40.8 Å². The Labute approximate surface area is 351 Å². The van der Waals surface area contributed by atoms with E-state index in [0.29, 0.717) is 35.6 Å². The third kappa shape index (κ3) is 6.33. The zero-order chi connectivity index (χ0) is 41.1. The second-order valence-electron chi connectivity index (χ2n) is 16.4. The molecule has 4 nitrogen and oxygen atoms in total. The maximum atomic E-state index is 15.8. The van der Waals surface area contributed by atoms with Crippen LogP contribution >= 0.6 is 0 Å². The highest BCUT2D eigenvalue weighted by Gasteiger charge is 2.50. The average molecular weight is 777 g/mol. The van der Waals surface area contributed by atoms with Gasteiger partial charge in [-0.05, 0) is 82.6 Å². The lowest BCUT2D eigenvalue weighted by atomic mass is 9.89. The fraction of sp³-hybridized carbons (Fsp3) is 0.107. The minimum atomic E-state index is -0.179. The number of rotatable bonds is 8. The molecule has 2 amide bonds. The Bertz CT molecular complexity index is 2870. The van der Waals surface area contributed by atoms with E-state index >= 15 is 9.59 Å². The molecule has 0 atom stereocenters. The van der Waals surface area contributed by atoms with Crippen molar-refractivity contribution in [3.8, 4) is 22.3 Å². The normalized spacial score (nSPS) is 14.0. The first-order chi connectivity index (χ1) is 29.2. The van der Waals surface area contributed by atoms with Crippen LogP contribution in [-0.4, -0.2) is 21.6 Å². The molecule has 0 bridgehead atoms. The van der Waals surface area contributed by atoms with Gasteiger partial charge in [0, 0.05) is 11.1 Å². The van der Waals surface area contributed by atoms with Gasteiger partial charge in [0.1, 0.15) is 0 Å². The summed E-state index contributed by atoms with van der Waals surface area (Å²) < 4.78 is 0. The summed E-state index contributed by atoms with van der Waals surface area (Å²) in [6, 6.07) is 59.0. The molecular weight excluding hydrogens is 733 g/mol. The van der Waals surface area contributed by atoms with Crippen LogP contribution in [0.4, 0.5) is 0 Å². The van der Waals surface area contributed by atoms with E-state index in [2.05, 4.69) is 198 Å². The lowest BCUT2D eigenvalue weighted by Gasteiger charge is -2.28. The van der Waals surface area contributed by atoms with Crippen molar-refractivity contribution in [3.63, 3.8) is 0 Å². The summed E-state index contributed by atoms with van der Waals surface area (Å²) in [6.07, 6.45) is 0. The number of benzene rings is 8. The molecule has 4 heteroatoms. The van der Waals surface area contributed by atoms with Gasteiger partial charge >= 0.3 is 0 Å². The first-order valence-electron chi connectivity index (χ1n) is 20.7. The van der Waals surface area contributed by atoms with Crippen molar-refractivity contribution in [2.24, 2.45) is 0 Å². The molecule has 0 saturated carbocycles. The molecular formula is C56H44N2O2. The van der Waals surface area contributed by atoms with Crippen molar-refractivity contribution in [1.82, 2.24) is 9.80 Å². The van der Waals surface area contributed by atoms with Crippen LogP contribution in [0.2, 0.25) is 0 Å². The van der Waals surface area contributed by atoms with Crippen molar-refractivity contribution < 1.29 is 9.59 Å². The zero-order valence-electron chi connectivity index (χ0n) is 34.3. The summed E-state index contributed by atoms with van der Waals surface area (Å²) in [5.41, 5.74) is 14.5. The monoisotopic (exact) mass is 776 g/mol. The highest BCUT2D eigenvalue weighted by molar-refractivity contribution is 6.31. The van der Waals surface area contributed by atoms with Crippen LogP contribution in [0.3, 0.4) is 0 Å². The zero-order valence-corrected chi connectivity index (χ0v) is 34.3. The molecule has 60 heavy (non-hydrogen) atoms. The predicted molar refractivity (Wildman–Crippen MR) is 246 cm³/mol. The highest BCUT2D eigenvalue weighted by atomic mass is 16.2. The van der Waals surface area contributed by atoms with E-state index < -0.39 is 0 Å². The maximum absolute atomic E-state index is 15.8. The average Bonchev–Trinajstić information content (AvgIpc) is 3.71. The summed E-state index contributed by atoms with van der Waals surface area (Å²) in [6.45, 7) is 8.93. The Morgan fingerprint density at radius 3 is 1.07 bits per heavy atom. The second-order valence-corrected chi connectivity index (χ2v) is 16.4. The van der Waals surface area contributed by atoms with Crippen LogP contribution in [0.1, 0.15) is 44.5 Å². The van der Waals surface area contributed by atoms with E-state index in [1.165, 1.54) is 0 Å². The summed E-state index contributed by atoms with van der Waals surface area (Å²) in [5, 5.41) is 4.30. The number of carbonyl (C=O) groups excluding carboxylic acids is 2. The quantitative estimate of drug-likeness (QED) is 0.154. The smallest absolute Gasteiger partial charge is 0.261 e. The van der Waals surface area contributed by atoms with Crippen molar-refractivity contribution >= 4 is 44.8 Å². The molecule has 10 rings (SSSR count).